The Kier molecular flexibility index (Phi) is 9.75. The van der Waals surface area contributed by atoms with Gasteiger partial charge in [-0.3, -0.25) is 9.18 Å². The fourth-order valence-electron chi connectivity index (χ4n) is 3.34. The second kappa shape index (κ2) is 11.3. The number of amides is 1. The molecule has 0 aromatic carbocycles. The molecule has 0 aromatic heterocycles. The first kappa shape index (κ1) is 24.1. The largest absolute Gasteiger partial charge is 0.388 e. The molecule has 162 valence electrons. The molecule has 7 atom stereocenters. The molecule has 0 radical (unpaired) electrons. The van der Waals surface area contributed by atoms with Crippen molar-refractivity contribution in [2.75, 3.05) is 19.5 Å². The van der Waals surface area contributed by atoms with E-state index in [2.05, 4.69) is 10.6 Å². The number of halogens is 3. The average molecular weight is 461 g/mol. The Labute approximate surface area is 178 Å². The quantitative estimate of drug-likeness (QED) is 0.277. The number of thioether (sulfide) groups is 1. The molecule has 28 heavy (non-hydrogen) atoms. The summed E-state index contributed by atoms with van der Waals surface area (Å²) in [5, 5.41) is 36.2. The minimum atomic E-state index is -1.48. The van der Waals surface area contributed by atoms with Crippen LogP contribution in [0.15, 0.2) is 11.6 Å². The van der Waals surface area contributed by atoms with Crippen LogP contribution in [0.5, 0.6) is 0 Å². The highest BCUT2D eigenvalue weighted by Crippen LogP contribution is 2.31. The molecule has 1 saturated heterocycles. The summed E-state index contributed by atoms with van der Waals surface area (Å²) in [6.07, 6.45) is -0.422. The molecule has 0 unspecified atom stereocenters. The molecule has 2 heterocycles. The molecule has 0 saturated carbocycles. The predicted molar refractivity (Wildman–Crippen MR) is 107 cm³/mol. The normalized spacial score (nSPS) is 35.2. The number of rotatable bonds is 7. The van der Waals surface area contributed by atoms with Crippen molar-refractivity contribution < 1.29 is 29.2 Å². The van der Waals surface area contributed by atoms with Gasteiger partial charge in [-0.2, -0.15) is 0 Å². The highest BCUT2D eigenvalue weighted by Gasteiger charge is 2.48. The van der Waals surface area contributed by atoms with Gasteiger partial charge in [0.1, 0.15) is 34.7 Å². The number of hydrogen-bond donors (Lipinski definition) is 5. The number of nitrogens with one attached hydrogen (secondary N) is 2. The van der Waals surface area contributed by atoms with Crippen molar-refractivity contribution >= 4 is 40.9 Å². The average Bonchev–Trinajstić information content (AvgIpc) is 2.91. The Morgan fingerprint density at radius 2 is 2.11 bits per heavy atom. The number of alkyl halides is 3. The molecule has 0 bridgehead atoms. The predicted octanol–water partition coefficient (Wildman–Crippen LogP) is 0.483. The highest BCUT2D eigenvalue weighted by atomic mass is 35.5. The minimum absolute atomic E-state index is 0.350. The van der Waals surface area contributed by atoms with Crippen LogP contribution in [-0.4, -0.2) is 87.5 Å². The summed E-state index contributed by atoms with van der Waals surface area (Å²) < 4.78 is 18.2. The molecule has 2 aliphatic heterocycles. The van der Waals surface area contributed by atoms with Crippen LogP contribution in [0.25, 0.3) is 0 Å². The van der Waals surface area contributed by atoms with E-state index in [1.54, 1.807) is 6.26 Å². The van der Waals surface area contributed by atoms with E-state index in [0.717, 1.165) is 17.3 Å². The van der Waals surface area contributed by atoms with E-state index in [0.29, 0.717) is 25.8 Å². The summed E-state index contributed by atoms with van der Waals surface area (Å²) in [6, 6.07) is -1.58. The third-order valence-corrected chi connectivity index (χ3v) is 6.38. The van der Waals surface area contributed by atoms with Crippen molar-refractivity contribution in [2.45, 2.75) is 66.0 Å². The summed E-state index contributed by atoms with van der Waals surface area (Å²) in [7, 11) is 0. The molecule has 2 aliphatic rings. The molecular weight excluding hydrogens is 434 g/mol. The number of carbonyl (C=O) groups is 1. The van der Waals surface area contributed by atoms with Crippen molar-refractivity contribution in [1.82, 2.24) is 10.6 Å². The van der Waals surface area contributed by atoms with Crippen molar-refractivity contribution in [3.63, 3.8) is 0 Å². The summed E-state index contributed by atoms with van der Waals surface area (Å²) in [6.45, 7) is 0.0917. The lowest BCUT2D eigenvalue weighted by Gasteiger charge is -2.43. The van der Waals surface area contributed by atoms with Crippen molar-refractivity contribution in [3.05, 3.63) is 11.6 Å². The smallest absolute Gasteiger partial charge is 0.237 e. The lowest BCUT2D eigenvalue weighted by atomic mass is 9.95. The van der Waals surface area contributed by atoms with Gasteiger partial charge >= 0.3 is 0 Å². The maximum absolute atomic E-state index is 12.7. The van der Waals surface area contributed by atoms with Crippen molar-refractivity contribution in [3.8, 4) is 0 Å². The second-order valence-corrected chi connectivity index (χ2v) is 8.94. The summed E-state index contributed by atoms with van der Waals surface area (Å²) in [5.74, 6) is -0.397. The monoisotopic (exact) mass is 460 g/mol. The van der Waals surface area contributed by atoms with E-state index >= 15 is 0 Å². The van der Waals surface area contributed by atoms with Gasteiger partial charge in [-0.05, 0) is 32.1 Å². The minimum Gasteiger partial charge on any atom is -0.388 e. The van der Waals surface area contributed by atoms with Crippen LogP contribution in [-0.2, 0) is 9.53 Å². The maximum Gasteiger partial charge on any atom is 0.237 e. The van der Waals surface area contributed by atoms with Crippen LogP contribution in [0, 0.1) is 0 Å². The number of hydrogen-bond acceptors (Lipinski definition) is 7. The zero-order valence-corrected chi connectivity index (χ0v) is 17.8. The Bertz CT molecular complexity index is 558. The van der Waals surface area contributed by atoms with Gasteiger partial charge in [0.2, 0.25) is 5.91 Å². The van der Waals surface area contributed by atoms with Gasteiger partial charge in [-0.25, -0.2) is 0 Å². The summed E-state index contributed by atoms with van der Waals surface area (Å²) in [5.41, 5.74) is 0.150. The molecular formula is C17H27Cl2FN2O5S. The van der Waals surface area contributed by atoms with Gasteiger partial charge in [0.25, 0.3) is 0 Å². The Morgan fingerprint density at radius 1 is 1.39 bits per heavy atom. The Morgan fingerprint density at radius 3 is 2.71 bits per heavy atom. The molecule has 1 fully saturated rings. The first-order valence-corrected chi connectivity index (χ1v) is 11.2. The van der Waals surface area contributed by atoms with Crippen molar-refractivity contribution in [1.29, 1.82) is 0 Å². The maximum atomic E-state index is 12.7. The fraction of sp³-hybridized carbons (Fsp3) is 0.824. The van der Waals surface area contributed by atoms with E-state index in [1.165, 1.54) is 0 Å². The van der Waals surface area contributed by atoms with Crippen LogP contribution >= 0.6 is 35.0 Å². The Balaban J connectivity index is 2.08. The van der Waals surface area contributed by atoms with E-state index < -0.39 is 59.4 Å². The molecule has 7 nitrogen and oxygen atoms in total. The van der Waals surface area contributed by atoms with Crippen LogP contribution in [0.3, 0.4) is 0 Å². The van der Waals surface area contributed by atoms with Crippen LogP contribution in [0.4, 0.5) is 4.39 Å². The number of aliphatic hydroxyl groups is 3. The molecule has 5 N–H and O–H groups in total. The van der Waals surface area contributed by atoms with Crippen LogP contribution in [0.2, 0.25) is 0 Å². The van der Waals surface area contributed by atoms with Crippen LogP contribution in [0.1, 0.15) is 19.3 Å². The molecule has 11 heteroatoms. The van der Waals surface area contributed by atoms with E-state index in [9.17, 15) is 24.5 Å². The number of aliphatic hydroxyl groups excluding tert-OH is 3. The number of carbonyl (C=O) groups excluding carboxylic acids is 1. The number of ether oxygens (including phenoxy) is 1. The first-order chi connectivity index (χ1) is 13.3. The third kappa shape index (κ3) is 5.95. The zero-order valence-electron chi connectivity index (χ0n) is 15.4. The van der Waals surface area contributed by atoms with Gasteiger partial charge in [-0.15, -0.1) is 35.0 Å². The highest BCUT2D eigenvalue weighted by molar-refractivity contribution is 7.99. The molecule has 0 aliphatic carbocycles. The fourth-order valence-corrected chi connectivity index (χ4v) is 4.44. The SMILES string of the molecule is CS[C@@H]1O[C@H]([C@H](NC(=O)[C@@H]2CC=C(CCF)CCN2)C(Cl)Cl)[C@H](O)[C@H](O)[C@@H]1O. The lowest BCUT2D eigenvalue weighted by molar-refractivity contribution is -0.204. The second-order valence-electron chi connectivity index (χ2n) is 6.84. The first-order valence-electron chi connectivity index (χ1n) is 9.08. The summed E-state index contributed by atoms with van der Waals surface area (Å²) in [4.78, 5) is 11.6. The van der Waals surface area contributed by atoms with Crippen LogP contribution < -0.4 is 10.6 Å². The lowest BCUT2D eigenvalue weighted by Crippen LogP contribution is -2.65. The zero-order chi connectivity index (χ0) is 20.8. The topological polar surface area (TPSA) is 111 Å². The van der Waals surface area contributed by atoms with Gasteiger partial charge in [0, 0.05) is 0 Å². The van der Waals surface area contributed by atoms with E-state index in [1.807, 2.05) is 6.08 Å². The molecule has 0 aromatic rings. The van der Waals surface area contributed by atoms with Gasteiger partial charge in [-0.1, -0.05) is 11.6 Å². The molecule has 1 amide bonds. The van der Waals surface area contributed by atoms with E-state index in [-0.39, 0.29) is 0 Å². The summed E-state index contributed by atoms with van der Waals surface area (Å²) >= 11 is 13.2. The van der Waals surface area contributed by atoms with E-state index in [4.69, 9.17) is 27.9 Å². The third-order valence-electron chi connectivity index (χ3n) is 4.98. The van der Waals surface area contributed by atoms with Crippen molar-refractivity contribution in [2.24, 2.45) is 0 Å². The molecule has 0 spiro atoms. The molecule has 2 rings (SSSR count). The van der Waals surface area contributed by atoms with Gasteiger partial charge < -0.3 is 30.7 Å². The standard InChI is InChI=1S/C17H27Cl2FN2O5S/c1-28-17-13(25)11(23)12(24)14(27-17)10(15(18)19)22-16(26)9-3-2-8(4-6-20)5-7-21-9/h2,9-15,17,21,23-25H,3-7H2,1H3,(H,22,26)/t9-,10-,11-,12+,13-,14+,17-/m0/s1. The van der Waals surface area contributed by atoms with Gasteiger partial charge in [0.15, 0.2) is 0 Å². The Hall–Kier alpha value is -0.130. The van der Waals surface area contributed by atoms with Gasteiger partial charge in [0.05, 0.1) is 18.8 Å².